The number of amides is 1. The second-order valence-corrected chi connectivity index (χ2v) is 8.35. The Labute approximate surface area is 182 Å². The zero-order valence-corrected chi connectivity index (χ0v) is 17.9. The Balaban J connectivity index is 1.77. The number of nitrogens with zero attached hydrogens (tertiary/aromatic N) is 2. The summed E-state index contributed by atoms with van der Waals surface area (Å²) in [5, 5.41) is 10.4. The molecule has 0 saturated heterocycles. The summed E-state index contributed by atoms with van der Waals surface area (Å²) < 4.78 is 25.0. The predicted octanol–water partition coefficient (Wildman–Crippen LogP) is 5.36. The second kappa shape index (κ2) is 8.13. The molecule has 1 aliphatic rings. The number of hydrogen-bond acceptors (Lipinski definition) is 5. The number of nitriles is 1. The fraction of sp³-hybridized carbons (Fsp3) is 0.273. The molecule has 1 atom stereocenters. The van der Waals surface area contributed by atoms with Crippen molar-refractivity contribution in [1.82, 2.24) is 4.90 Å². The van der Waals surface area contributed by atoms with Gasteiger partial charge < -0.3 is 14.4 Å². The third-order valence-corrected chi connectivity index (χ3v) is 6.98. The lowest BCUT2D eigenvalue weighted by Gasteiger charge is -2.36. The summed E-state index contributed by atoms with van der Waals surface area (Å²) >= 11 is 7.64. The third kappa shape index (κ3) is 3.36. The molecule has 0 radical (unpaired) electrons. The average molecular weight is 445 g/mol. The molecule has 4 rings (SSSR count). The van der Waals surface area contributed by atoms with E-state index in [1.165, 1.54) is 12.1 Å². The molecule has 3 aromatic rings. The highest BCUT2D eigenvalue weighted by Crippen LogP contribution is 2.42. The Morgan fingerprint density at radius 1 is 1.30 bits per heavy atom. The fourth-order valence-electron chi connectivity index (χ4n) is 3.88. The smallest absolute Gasteiger partial charge is 0.266 e. The highest BCUT2D eigenvalue weighted by Gasteiger charge is 2.34. The highest BCUT2D eigenvalue weighted by molar-refractivity contribution is 7.21. The fourth-order valence-corrected chi connectivity index (χ4v) is 5.38. The van der Waals surface area contributed by atoms with Crippen LogP contribution in [0.25, 0.3) is 10.1 Å². The van der Waals surface area contributed by atoms with Gasteiger partial charge in [-0.2, -0.15) is 5.26 Å². The van der Waals surface area contributed by atoms with Crippen LogP contribution in [0.4, 0.5) is 4.39 Å². The van der Waals surface area contributed by atoms with Crippen LogP contribution in [0.3, 0.4) is 0 Å². The van der Waals surface area contributed by atoms with Crippen molar-refractivity contribution in [3.8, 4) is 17.6 Å². The number of fused-ring (bicyclic) bond motifs is 2. The number of halogens is 2. The van der Waals surface area contributed by atoms with E-state index in [1.807, 2.05) is 12.1 Å². The Bertz CT molecular complexity index is 1190. The van der Waals surface area contributed by atoms with E-state index in [0.29, 0.717) is 44.5 Å². The number of ether oxygens (including phenoxy) is 2. The molecule has 154 valence electrons. The maximum Gasteiger partial charge on any atom is 0.266 e. The van der Waals surface area contributed by atoms with E-state index in [4.69, 9.17) is 21.1 Å². The van der Waals surface area contributed by atoms with E-state index in [9.17, 15) is 14.4 Å². The van der Waals surface area contributed by atoms with Crippen LogP contribution < -0.4 is 9.47 Å². The summed E-state index contributed by atoms with van der Waals surface area (Å²) in [7, 11) is 3.12. The van der Waals surface area contributed by atoms with Crippen molar-refractivity contribution in [2.75, 3.05) is 20.8 Å². The van der Waals surface area contributed by atoms with Gasteiger partial charge in [0.1, 0.15) is 10.7 Å². The van der Waals surface area contributed by atoms with Crippen molar-refractivity contribution < 1.29 is 18.7 Å². The van der Waals surface area contributed by atoms with Crippen LogP contribution in [0.5, 0.6) is 11.5 Å². The van der Waals surface area contributed by atoms with Crippen LogP contribution in [0.15, 0.2) is 30.3 Å². The zero-order valence-electron chi connectivity index (χ0n) is 16.4. The van der Waals surface area contributed by atoms with Gasteiger partial charge in [-0.05, 0) is 47.9 Å². The molecule has 1 amide bonds. The summed E-state index contributed by atoms with van der Waals surface area (Å²) in [4.78, 5) is 15.5. The average Bonchev–Trinajstić information content (AvgIpc) is 3.08. The third-order valence-electron chi connectivity index (χ3n) is 5.33. The molecule has 8 heteroatoms. The van der Waals surface area contributed by atoms with Gasteiger partial charge in [-0.25, -0.2) is 4.39 Å². The van der Waals surface area contributed by atoms with E-state index in [-0.39, 0.29) is 18.1 Å². The van der Waals surface area contributed by atoms with Crippen LogP contribution in [-0.2, 0) is 6.42 Å². The Morgan fingerprint density at radius 2 is 2.03 bits per heavy atom. The monoisotopic (exact) mass is 444 g/mol. The van der Waals surface area contributed by atoms with Gasteiger partial charge in [-0.1, -0.05) is 11.6 Å². The SMILES string of the molecule is COc1cc2c(cc1OC)C(CC#N)N(C(=O)c1sc3cc(F)ccc3c1Cl)CC2. The lowest BCUT2D eigenvalue weighted by molar-refractivity contribution is 0.0669. The molecule has 2 heterocycles. The molecule has 0 spiro atoms. The van der Waals surface area contributed by atoms with E-state index < -0.39 is 6.04 Å². The summed E-state index contributed by atoms with van der Waals surface area (Å²) in [5.74, 6) is 0.516. The van der Waals surface area contributed by atoms with Gasteiger partial charge in [0, 0.05) is 16.6 Å². The summed E-state index contributed by atoms with van der Waals surface area (Å²) in [5.41, 5.74) is 1.87. The first kappa shape index (κ1) is 20.5. The Morgan fingerprint density at radius 3 is 2.73 bits per heavy atom. The topological polar surface area (TPSA) is 62.6 Å². The summed E-state index contributed by atoms with van der Waals surface area (Å²) in [6, 6.07) is 9.75. The standard InChI is InChI=1S/C22H18ClFN2O3S/c1-28-17-9-12-6-8-26(16(5-7-25)15(12)11-18(17)29-2)22(27)21-20(23)14-4-3-13(24)10-19(14)30-21/h3-4,9-11,16H,5-6,8H2,1-2H3. The van der Waals surface area contributed by atoms with Gasteiger partial charge in [0.05, 0.1) is 37.8 Å². The van der Waals surface area contributed by atoms with Gasteiger partial charge in [0.25, 0.3) is 5.91 Å². The largest absolute Gasteiger partial charge is 0.493 e. The lowest BCUT2D eigenvalue weighted by Crippen LogP contribution is -2.39. The van der Waals surface area contributed by atoms with E-state index in [1.54, 1.807) is 25.2 Å². The molecule has 1 aliphatic heterocycles. The zero-order chi connectivity index (χ0) is 21.4. The van der Waals surface area contributed by atoms with Gasteiger partial charge in [-0.15, -0.1) is 11.3 Å². The molecule has 0 N–H and O–H groups in total. The molecule has 30 heavy (non-hydrogen) atoms. The van der Waals surface area contributed by atoms with E-state index in [2.05, 4.69) is 6.07 Å². The maximum atomic E-state index is 13.6. The van der Waals surface area contributed by atoms with Crippen molar-refractivity contribution in [3.05, 3.63) is 57.2 Å². The Kier molecular flexibility index (Phi) is 5.54. The van der Waals surface area contributed by atoms with Gasteiger partial charge in [-0.3, -0.25) is 4.79 Å². The van der Waals surface area contributed by atoms with Crippen molar-refractivity contribution in [2.45, 2.75) is 18.9 Å². The second-order valence-electron chi connectivity index (χ2n) is 6.92. The molecule has 0 aliphatic carbocycles. The first-order chi connectivity index (χ1) is 14.5. The van der Waals surface area contributed by atoms with Crippen LogP contribution in [-0.4, -0.2) is 31.6 Å². The van der Waals surface area contributed by atoms with Crippen LogP contribution in [0.2, 0.25) is 5.02 Å². The van der Waals surface area contributed by atoms with Crippen LogP contribution in [0.1, 0.15) is 33.3 Å². The first-order valence-electron chi connectivity index (χ1n) is 9.28. The van der Waals surface area contributed by atoms with Crippen molar-refractivity contribution >= 4 is 38.9 Å². The number of carbonyl (C=O) groups is 1. The van der Waals surface area contributed by atoms with E-state index >= 15 is 0 Å². The van der Waals surface area contributed by atoms with Gasteiger partial charge >= 0.3 is 0 Å². The van der Waals surface area contributed by atoms with Gasteiger partial charge in [0.2, 0.25) is 0 Å². The van der Waals surface area contributed by atoms with Crippen LogP contribution >= 0.6 is 22.9 Å². The summed E-state index contributed by atoms with van der Waals surface area (Å²) in [6.07, 6.45) is 0.742. The number of carbonyl (C=O) groups excluding carboxylic acids is 1. The van der Waals surface area contributed by atoms with Crippen molar-refractivity contribution in [1.29, 1.82) is 5.26 Å². The maximum absolute atomic E-state index is 13.6. The first-order valence-corrected chi connectivity index (χ1v) is 10.5. The van der Waals surface area contributed by atoms with Gasteiger partial charge in [0.15, 0.2) is 11.5 Å². The Hall–Kier alpha value is -2.82. The number of thiophene rings is 1. The number of methoxy groups -OCH3 is 2. The minimum atomic E-state index is -0.441. The molecule has 0 bridgehead atoms. The number of rotatable bonds is 4. The predicted molar refractivity (Wildman–Crippen MR) is 114 cm³/mol. The molecule has 1 unspecified atom stereocenters. The number of hydrogen-bond donors (Lipinski definition) is 0. The molecular formula is C22H18ClFN2O3S. The van der Waals surface area contributed by atoms with E-state index in [0.717, 1.165) is 22.5 Å². The highest BCUT2D eigenvalue weighted by atomic mass is 35.5. The minimum Gasteiger partial charge on any atom is -0.493 e. The van der Waals surface area contributed by atoms with Crippen molar-refractivity contribution in [2.24, 2.45) is 0 Å². The molecule has 0 fully saturated rings. The normalized spacial score (nSPS) is 15.6. The molecule has 1 aromatic heterocycles. The quantitative estimate of drug-likeness (QED) is 0.543. The van der Waals surface area contributed by atoms with Crippen LogP contribution in [0, 0.1) is 17.1 Å². The number of benzene rings is 2. The summed E-state index contributed by atoms with van der Waals surface area (Å²) in [6.45, 7) is 0.437. The molecule has 2 aromatic carbocycles. The van der Waals surface area contributed by atoms with Crippen molar-refractivity contribution in [3.63, 3.8) is 0 Å². The minimum absolute atomic E-state index is 0.130. The molecule has 5 nitrogen and oxygen atoms in total. The molecular weight excluding hydrogens is 427 g/mol. The lowest BCUT2D eigenvalue weighted by atomic mass is 9.90. The molecule has 0 saturated carbocycles.